The summed E-state index contributed by atoms with van der Waals surface area (Å²) in [4.78, 5) is 35.6. The van der Waals surface area contributed by atoms with Crippen molar-refractivity contribution in [3.8, 4) is 11.3 Å². The molecule has 0 radical (unpaired) electrons. The topological polar surface area (TPSA) is 136 Å². The Kier molecular flexibility index (Phi) is 9.07. The van der Waals surface area contributed by atoms with E-state index < -0.39 is 34.5 Å². The van der Waals surface area contributed by atoms with Gasteiger partial charge >= 0.3 is 6.09 Å². The van der Waals surface area contributed by atoms with Crippen LogP contribution in [0.1, 0.15) is 45.7 Å². The van der Waals surface area contributed by atoms with Crippen molar-refractivity contribution in [3.05, 3.63) is 70.4 Å². The second kappa shape index (κ2) is 11.6. The Labute approximate surface area is 208 Å². The third-order valence-corrected chi connectivity index (χ3v) is 5.05. The Bertz CT molecular complexity index is 1150. The van der Waals surface area contributed by atoms with E-state index in [-0.39, 0.29) is 22.2 Å². The van der Waals surface area contributed by atoms with E-state index in [1.165, 1.54) is 24.3 Å². The lowest BCUT2D eigenvalue weighted by atomic mass is 10.0. The summed E-state index contributed by atoms with van der Waals surface area (Å²) >= 11 is 6.31. The zero-order chi connectivity index (χ0) is 26.3. The van der Waals surface area contributed by atoms with E-state index in [0.29, 0.717) is 17.5 Å². The number of aromatic nitrogens is 2. The summed E-state index contributed by atoms with van der Waals surface area (Å²) in [5.74, 6) is -0.941. The van der Waals surface area contributed by atoms with Crippen molar-refractivity contribution in [1.82, 2.24) is 15.5 Å². The largest absolute Gasteiger partial charge is 0.444 e. The Balaban J connectivity index is 2.54. The number of non-ortho nitro benzene ring substituents is 1. The lowest BCUT2D eigenvalue weighted by Crippen LogP contribution is -2.35. The molecule has 186 valence electrons. The van der Waals surface area contributed by atoms with Crippen LogP contribution in [0.15, 0.2) is 49.6 Å². The Morgan fingerprint density at radius 3 is 2.51 bits per heavy atom. The standard InChI is InChI=1S/C24H28ClN5O5/c1-7-9-18(27-23(32)35-24(4,5)6)17-13-20(28-29-21(17)25)16-11-10-15(30(33)34)12-19(16)26-22(31)14(3)8-2/h7-8,10-14,18H,1-2,9H2,3-6H3,(H,26,31)(H,27,32)/t14?,18-/m0/s1. The smallest absolute Gasteiger partial charge is 0.408 e. The molecule has 1 unspecified atom stereocenters. The van der Waals surface area contributed by atoms with Gasteiger partial charge in [0.05, 0.1) is 28.3 Å². The number of rotatable bonds is 9. The molecule has 1 heterocycles. The quantitative estimate of drug-likeness (QED) is 0.259. The van der Waals surface area contributed by atoms with Gasteiger partial charge in [0, 0.05) is 23.3 Å². The molecule has 2 N–H and O–H groups in total. The molecular weight excluding hydrogens is 474 g/mol. The van der Waals surface area contributed by atoms with Gasteiger partial charge in [0.25, 0.3) is 5.69 Å². The predicted molar refractivity (Wildman–Crippen MR) is 134 cm³/mol. The number of nitrogens with one attached hydrogen (secondary N) is 2. The third-order valence-electron chi connectivity index (χ3n) is 4.76. The molecule has 2 aromatic rings. The Hall–Kier alpha value is -3.79. The molecule has 0 aliphatic heterocycles. The van der Waals surface area contributed by atoms with Crippen LogP contribution in [0, 0.1) is 16.0 Å². The molecule has 10 nitrogen and oxygen atoms in total. The molecular formula is C24H28ClN5O5. The number of nitro groups is 1. The van der Waals surface area contributed by atoms with Crippen molar-refractivity contribution < 1.29 is 19.2 Å². The van der Waals surface area contributed by atoms with Crippen molar-refractivity contribution in [2.45, 2.75) is 45.8 Å². The number of amides is 2. The van der Waals surface area contributed by atoms with E-state index in [9.17, 15) is 19.7 Å². The molecule has 2 rings (SSSR count). The number of carbonyl (C=O) groups is 2. The first-order chi connectivity index (χ1) is 16.4. The second-order valence-corrected chi connectivity index (χ2v) is 9.06. The Morgan fingerprint density at radius 1 is 1.26 bits per heavy atom. The highest BCUT2D eigenvalue weighted by Gasteiger charge is 2.24. The van der Waals surface area contributed by atoms with E-state index >= 15 is 0 Å². The zero-order valence-corrected chi connectivity index (χ0v) is 20.8. The van der Waals surface area contributed by atoms with Gasteiger partial charge < -0.3 is 15.4 Å². The van der Waals surface area contributed by atoms with Crippen LogP contribution >= 0.6 is 11.6 Å². The number of hydrogen-bond acceptors (Lipinski definition) is 7. The van der Waals surface area contributed by atoms with Gasteiger partial charge in [0.15, 0.2) is 5.15 Å². The van der Waals surface area contributed by atoms with Gasteiger partial charge in [-0.3, -0.25) is 14.9 Å². The number of nitrogens with zero attached hydrogens (tertiary/aromatic N) is 3. The number of nitro benzene ring substituents is 1. The van der Waals surface area contributed by atoms with Crippen LogP contribution in [-0.4, -0.2) is 32.7 Å². The summed E-state index contributed by atoms with van der Waals surface area (Å²) in [7, 11) is 0. The summed E-state index contributed by atoms with van der Waals surface area (Å²) in [6.07, 6.45) is 2.71. The average Bonchev–Trinajstić information content (AvgIpc) is 2.77. The molecule has 11 heteroatoms. The van der Waals surface area contributed by atoms with Gasteiger partial charge in [-0.25, -0.2) is 4.79 Å². The fraction of sp³-hybridized carbons (Fsp3) is 0.333. The first-order valence-corrected chi connectivity index (χ1v) is 11.1. The van der Waals surface area contributed by atoms with Crippen LogP contribution in [0.25, 0.3) is 11.3 Å². The van der Waals surface area contributed by atoms with Gasteiger partial charge in [0.2, 0.25) is 5.91 Å². The molecule has 0 saturated carbocycles. The monoisotopic (exact) mass is 501 g/mol. The van der Waals surface area contributed by atoms with Gasteiger partial charge in [-0.2, -0.15) is 0 Å². The molecule has 2 amide bonds. The molecule has 0 aliphatic rings. The molecule has 0 spiro atoms. The molecule has 1 aromatic carbocycles. The number of alkyl carbamates (subject to hydrolysis) is 1. The summed E-state index contributed by atoms with van der Waals surface area (Å²) in [5, 5.41) is 24.9. The van der Waals surface area contributed by atoms with Crippen molar-refractivity contribution in [1.29, 1.82) is 0 Å². The summed E-state index contributed by atoms with van der Waals surface area (Å²) < 4.78 is 5.34. The lowest BCUT2D eigenvalue weighted by Gasteiger charge is -2.24. The van der Waals surface area contributed by atoms with E-state index in [2.05, 4.69) is 34.0 Å². The highest BCUT2D eigenvalue weighted by atomic mass is 35.5. The van der Waals surface area contributed by atoms with Crippen LogP contribution in [0.4, 0.5) is 16.2 Å². The fourth-order valence-corrected chi connectivity index (χ4v) is 3.20. The number of ether oxygens (including phenoxy) is 1. The maximum absolute atomic E-state index is 12.5. The Morgan fingerprint density at radius 2 is 1.94 bits per heavy atom. The van der Waals surface area contributed by atoms with Gasteiger partial charge in [-0.15, -0.1) is 23.4 Å². The van der Waals surface area contributed by atoms with E-state index in [4.69, 9.17) is 16.3 Å². The first kappa shape index (κ1) is 27.5. The van der Waals surface area contributed by atoms with Gasteiger partial charge in [-0.05, 0) is 39.3 Å². The summed E-state index contributed by atoms with van der Waals surface area (Å²) in [5.41, 5.74) is 0.330. The highest BCUT2D eigenvalue weighted by molar-refractivity contribution is 6.30. The van der Waals surface area contributed by atoms with Crippen molar-refractivity contribution >= 4 is 35.0 Å². The number of carbonyl (C=O) groups excluding carboxylic acids is 2. The molecule has 0 saturated heterocycles. The number of anilines is 1. The summed E-state index contributed by atoms with van der Waals surface area (Å²) in [6.45, 7) is 14.2. The number of hydrogen-bond donors (Lipinski definition) is 2. The predicted octanol–water partition coefficient (Wildman–Crippen LogP) is 5.61. The van der Waals surface area contributed by atoms with Crippen molar-refractivity contribution in [2.24, 2.45) is 5.92 Å². The van der Waals surface area contributed by atoms with Crippen LogP contribution in [0.3, 0.4) is 0 Å². The summed E-state index contributed by atoms with van der Waals surface area (Å²) in [6, 6.07) is 4.94. The normalized spacial score (nSPS) is 12.7. The minimum atomic E-state index is -0.706. The SMILES string of the molecule is C=CC[C@H](NC(=O)OC(C)(C)C)c1cc(-c2ccc([N+](=O)[O-])cc2NC(=O)C(C)C=C)nnc1Cl. The van der Waals surface area contributed by atoms with E-state index in [1.807, 2.05) is 0 Å². The first-order valence-electron chi connectivity index (χ1n) is 10.7. The van der Waals surface area contributed by atoms with Crippen LogP contribution in [0.2, 0.25) is 5.15 Å². The maximum Gasteiger partial charge on any atom is 0.408 e. The number of benzene rings is 1. The van der Waals surface area contributed by atoms with Crippen LogP contribution < -0.4 is 10.6 Å². The maximum atomic E-state index is 12.5. The lowest BCUT2D eigenvalue weighted by molar-refractivity contribution is -0.384. The van der Waals surface area contributed by atoms with Crippen molar-refractivity contribution in [2.75, 3.05) is 5.32 Å². The molecule has 0 aliphatic carbocycles. The fourth-order valence-electron chi connectivity index (χ4n) is 2.97. The second-order valence-electron chi connectivity index (χ2n) is 8.70. The van der Waals surface area contributed by atoms with Crippen molar-refractivity contribution in [3.63, 3.8) is 0 Å². The number of halogens is 1. The van der Waals surface area contributed by atoms with Crippen LogP contribution in [0.5, 0.6) is 0 Å². The molecule has 2 atom stereocenters. The minimum absolute atomic E-state index is 0.0458. The molecule has 0 fully saturated rings. The average molecular weight is 502 g/mol. The van der Waals surface area contributed by atoms with E-state index in [0.717, 1.165) is 0 Å². The highest BCUT2D eigenvalue weighted by Crippen LogP contribution is 2.34. The van der Waals surface area contributed by atoms with Crippen LogP contribution in [-0.2, 0) is 9.53 Å². The molecule has 1 aromatic heterocycles. The molecule has 35 heavy (non-hydrogen) atoms. The minimum Gasteiger partial charge on any atom is -0.444 e. The van der Waals surface area contributed by atoms with E-state index in [1.54, 1.807) is 39.8 Å². The van der Waals surface area contributed by atoms with Gasteiger partial charge in [0.1, 0.15) is 5.60 Å². The zero-order valence-electron chi connectivity index (χ0n) is 20.0. The third kappa shape index (κ3) is 7.61. The van der Waals surface area contributed by atoms with Gasteiger partial charge in [-0.1, -0.05) is 30.7 Å². The molecule has 0 bridgehead atoms.